The van der Waals surface area contributed by atoms with Crippen LogP contribution in [0.25, 0.3) is 0 Å². The van der Waals surface area contributed by atoms with Crippen LogP contribution in [0.5, 0.6) is 0 Å². The molecule has 5 nitrogen and oxygen atoms in total. The SMILES string of the molecule is CSc1cc(NC(=O)c2c(C)c(C(C)(F)F)nn2[C@H](C)C2CC(F)(F)C2)ccn1. The van der Waals surface area contributed by atoms with Gasteiger partial charge in [0.15, 0.2) is 0 Å². The molecule has 1 atom stereocenters. The summed E-state index contributed by atoms with van der Waals surface area (Å²) in [6.07, 6.45) is 2.65. The molecular formula is C19H22F4N4OS. The van der Waals surface area contributed by atoms with Crippen LogP contribution in [0.15, 0.2) is 23.4 Å². The highest BCUT2D eigenvalue weighted by Gasteiger charge is 2.49. The van der Waals surface area contributed by atoms with E-state index in [-0.39, 0.29) is 24.1 Å². The van der Waals surface area contributed by atoms with Gasteiger partial charge in [0.25, 0.3) is 11.8 Å². The van der Waals surface area contributed by atoms with Crippen LogP contribution in [-0.2, 0) is 5.92 Å². The Labute approximate surface area is 170 Å². The van der Waals surface area contributed by atoms with E-state index in [0.29, 0.717) is 17.6 Å². The van der Waals surface area contributed by atoms with Crippen molar-refractivity contribution in [2.45, 2.75) is 56.5 Å². The van der Waals surface area contributed by atoms with Gasteiger partial charge in [0, 0.05) is 37.2 Å². The van der Waals surface area contributed by atoms with Crippen LogP contribution >= 0.6 is 11.8 Å². The fourth-order valence-corrected chi connectivity index (χ4v) is 3.95. The molecule has 0 aromatic carbocycles. The number of alkyl halides is 4. The second kappa shape index (κ2) is 7.62. The third kappa shape index (κ3) is 4.41. The molecule has 10 heteroatoms. The van der Waals surface area contributed by atoms with Crippen molar-refractivity contribution in [3.8, 4) is 0 Å². The van der Waals surface area contributed by atoms with Crippen molar-refractivity contribution in [2.75, 3.05) is 11.6 Å². The molecule has 1 saturated carbocycles. The lowest BCUT2D eigenvalue weighted by Gasteiger charge is -2.39. The minimum atomic E-state index is -3.27. The number of thioether (sulfide) groups is 1. The van der Waals surface area contributed by atoms with Gasteiger partial charge in [-0.25, -0.2) is 13.8 Å². The Morgan fingerprint density at radius 1 is 1.41 bits per heavy atom. The number of hydrogen-bond donors (Lipinski definition) is 1. The first kappa shape index (κ1) is 21.6. The summed E-state index contributed by atoms with van der Waals surface area (Å²) < 4.78 is 55.9. The first-order chi connectivity index (χ1) is 13.4. The van der Waals surface area contributed by atoms with Gasteiger partial charge in [-0.05, 0) is 38.2 Å². The van der Waals surface area contributed by atoms with Gasteiger partial charge in [-0.2, -0.15) is 13.9 Å². The Morgan fingerprint density at radius 2 is 2.07 bits per heavy atom. The molecule has 1 aliphatic carbocycles. The van der Waals surface area contributed by atoms with Crippen molar-refractivity contribution in [1.29, 1.82) is 0 Å². The quantitative estimate of drug-likeness (QED) is 0.500. The van der Waals surface area contributed by atoms with Gasteiger partial charge in [0.05, 0.1) is 11.1 Å². The van der Waals surface area contributed by atoms with Gasteiger partial charge in [-0.15, -0.1) is 11.8 Å². The standard InChI is InChI=1S/C19H22F4N4OS/c1-10-15(17(28)25-13-5-6-24-14(7-13)29-4)27(26-16(10)18(3,20)21)11(2)12-8-19(22,23)9-12/h5-7,11-12H,8-9H2,1-4H3,(H,24,25,28)/t11-/m1/s1. The number of rotatable bonds is 6. The number of halogens is 4. The molecule has 2 aromatic rings. The summed E-state index contributed by atoms with van der Waals surface area (Å²) in [6.45, 7) is 3.72. The molecule has 1 fully saturated rings. The maximum absolute atomic E-state index is 14.0. The van der Waals surface area contributed by atoms with Gasteiger partial charge in [-0.3, -0.25) is 9.48 Å². The Bertz CT molecular complexity index is 917. The summed E-state index contributed by atoms with van der Waals surface area (Å²) >= 11 is 1.39. The molecule has 0 bridgehead atoms. The van der Waals surface area contributed by atoms with Crippen LogP contribution in [0, 0.1) is 12.8 Å². The predicted molar refractivity (Wildman–Crippen MR) is 103 cm³/mol. The van der Waals surface area contributed by atoms with Crippen LogP contribution in [0.2, 0.25) is 0 Å². The summed E-state index contributed by atoms with van der Waals surface area (Å²) in [4.78, 5) is 17.1. The van der Waals surface area contributed by atoms with Crippen molar-refractivity contribution >= 4 is 23.4 Å². The molecule has 0 spiro atoms. The zero-order chi connectivity index (χ0) is 21.6. The molecule has 0 unspecified atom stereocenters. The molecule has 0 radical (unpaired) electrons. The summed E-state index contributed by atoms with van der Waals surface area (Å²) in [5.74, 6) is -7.09. The molecular weight excluding hydrogens is 408 g/mol. The monoisotopic (exact) mass is 430 g/mol. The normalized spacial score (nSPS) is 17.7. The number of amides is 1. The second-order valence-electron chi connectivity index (χ2n) is 7.46. The number of pyridine rings is 1. The summed E-state index contributed by atoms with van der Waals surface area (Å²) in [5, 5.41) is 7.33. The van der Waals surface area contributed by atoms with Crippen molar-refractivity contribution in [3.05, 3.63) is 35.3 Å². The van der Waals surface area contributed by atoms with Gasteiger partial charge in [0.1, 0.15) is 11.4 Å². The fraction of sp³-hybridized carbons (Fsp3) is 0.526. The first-order valence-corrected chi connectivity index (χ1v) is 10.3. The van der Waals surface area contributed by atoms with Crippen LogP contribution in [0.4, 0.5) is 23.2 Å². The Kier molecular flexibility index (Phi) is 5.68. The molecule has 2 heterocycles. The maximum atomic E-state index is 14.0. The molecule has 1 N–H and O–H groups in total. The highest BCUT2D eigenvalue weighted by atomic mass is 32.2. The number of nitrogens with zero attached hydrogens (tertiary/aromatic N) is 3. The fourth-order valence-electron chi connectivity index (χ4n) is 3.54. The smallest absolute Gasteiger partial charge is 0.289 e. The van der Waals surface area contributed by atoms with Gasteiger partial charge in [-0.1, -0.05) is 0 Å². The molecule has 3 rings (SSSR count). The van der Waals surface area contributed by atoms with E-state index in [2.05, 4.69) is 15.4 Å². The second-order valence-corrected chi connectivity index (χ2v) is 8.29. The van der Waals surface area contributed by atoms with E-state index in [4.69, 9.17) is 0 Å². The number of carbonyl (C=O) groups excluding carboxylic acids is 1. The van der Waals surface area contributed by atoms with Crippen LogP contribution in [0.3, 0.4) is 0 Å². The van der Waals surface area contributed by atoms with Crippen LogP contribution < -0.4 is 5.32 Å². The summed E-state index contributed by atoms with van der Waals surface area (Å²) in [6, 6.07) is 2.62. The predicted octanol–water partition coefficient (Wildman–Crippen LogP) is 5.28. The van der Waals surface area contributed by atoms with E-state index in [1.807, 2.05) is 6.26 Å². The minimum Gasteiger partial charge on any atom is -0.321 e. The van der Waals surface area contributed by atoms with E-state index in [1.54, 1.807) is 19.1 Å². The number of hydrogen-bond acceptors (Lipinski definition) is 4. The zero-order valence-electron chi connectivity index (χ0n) is 16.5. The third-order valence-corrected chi connectivity index (χ3v) is 5.81. The van der Waals surface area contributed by atoms with E-state index >= 15 is 0 Å². The summed E-state index contributed by atoms with van der Waals surface area (Å²) in [5.41, 5.74) is -0.0897. The topological polar surface area (TPSA) is 59.8 Å². The highest BCUT2D eigenvalue weighted by molar-refractivity contribution is 7.98. The largest absolute Gasteiger partial charge is 0.321 e. The van der Waals surface area contributed by atoms with Crippen molar-refractivity contribution in [2.24, 2.45) is 5.92 Å². The average Bonchev–Trinajstić information content (AvgIpc) is 2.96. The van der Waals surface area contributed by atoms with Gasteiger partial charge >= 0.3 is 0 Å². The molecule has 1 amide bonds. The highest BCUT2D eigenvalue weighted by Crippen LogP contribution is 2.48. The first-order valence-electron chi connectivity index (χ1n) is 9.09. The lowest BCUT2D eigenvalue weighted by molar-refractivity contribution is -0.123. The van der Waals surface area contributed by atoms with E-state index in [9.17, 15) is 22.4 Å². The minimum absolute atomic E-state index is 0.0343. The maximum Gasteiger partial charge on any atom is 0.289 e. The van der Waals surface area contributed by atoms with Crippen molar-refractivity contribution < 1.29 is 22.4 Å². The number of aromatic nitrogens is 3. The molecule has 0 saturated heterocycles. The molecule has 0 aliphatic heterocycles. The van der Waals surface area contributed by atoms with E-state index < -0.39 is 35.4 Å². The lowest BCUT2D eigenvalue weighted by Crippen LogP contribution is -2.40. The Hall–Kier alpha value is -2.10. The van der Waals surface area contributed by atoms with Gasteiger partial charge < -0.3 is 5.32 Å². The third-order valence-electron chi connectivity index (χ3n) is 5.17. The number of nitrogens with one attached hydrogen (secondary N) is 1. The molecule has 158 valence electrons. The molecule has 2 aromatic heterocycles. The summed E-state index contributed by atoms with van der Waals surface area (Å²) in [7, 11) is 0. The molecule has 1 aliphatic rings. The van der Waals surface area contributed by atoms with Crippen molar-refractivity contribution in [3.63, 3.8) is 0 Å². The van der Waals surface area contributed by atoms with E-state index in [1.165, 1.54) is 29.6 Å². The zero-order valence-corrected chi connectivity index (χ0v) is 17.3. The van der Waals surface area contributed by atoms with Crippen LogP contribution in [0.1, 0.15) is 54.5 Å². The molecule has 29 heavy (non-hydrogen) atoms. The number of carbonyl (C=O) groups is 1. The number of anilines is 1. The van der Waals surface area contributed by atoms with E-state index in [0.717, 1.165) is 0 Å². The lowest BCUT2D eigenvalue weighted by atomic mass is 9.77. The Morgan fingerprint density at radius 3 is 2.62 bits per heavy atom. The van der Waals surface area contributed by atoms with Gasteiger partial charge in [0.2, 0.25) is 5.92 Å². The average molecular weight is 430 g/mol. The Balaban J connectivity index is 1.97. The van der Waals surface area contributed by atoms with Crippen LogP contribution in [-0.4, -0.2) is 32.8 Å². The van der Waals surface area contributed by atoms with Crippen molar-refractivity contribution in [1.82, 2.24) is 14.8 Å².